The first kappa shape index (κ1) is 32.3. The molecule has 0 aliphatic heterocycles. The van der Waals surface area contributed by atoms with Crippen LogP contribution in [0.15, 0.2) is 0 Å². The SMILES string of the molecule is CCCCCCCCCCCCOC(=O)C(O)CC(=S)OCCCCCCCCCCCC. The highest BCUT2D eigenvalue weighted by Gasteiger charge is 2.19. The average molecular weight is 487 g/mol. The molecular formula is C28H54O4S. The number of rotatable bonds is 25. The van der Waals surface area contributed by atoms with Crippen LogP contribution < -0.4 is 0 Å². The zero-order valence-electron chi connectivity index (χ0n) is 21.9. The third kappa shape index (κ3) is 24.3. The number of aliphatic hydroxyl groups is 1. The lowest BCUT2D eigenvalue weighted by Crippen LogP contribution is -2.26. The van der Waals surface area contributed by atoms with Gasteiger partial charge in [0.2, 0.25) is 0 Å². The first-order valence-corrected chi connectivity index (χ1v) is 14.5. The van der Waals surface area contributed by atoms with Crippen LogP contribution in [0.25, 0.3) is 0 Å². The topological polar surface area (TPSA) is 55.8 Å². The summed E-state index contributed by atoms with van der Waals surface area (Å²) in [7, 11) is 0. The van der Waals surface area contributed by atoms with Gasteiger partial charge >= 0.3 is 5.97 Å². The first-order chi connectivity index (χ1) is 16.1. The molecule has 0 heterocycles. The van der Waals surface area contributed by atoms with Crippen molar-refractivity contribution in [3.63, 3.8) is 0 Å². The van der Waals surface area contributed by atoms with Gasteiger partial charge in [-0.25, -0.2) is 4.79 Å². The Kier molecular flexibility index (Phi) is 25.4. The molecule has 0 spiro atoms. The number of aliphatic hydroxyl groups excluding tert-OH is 1. The Morgan fingerprint density at radius 2 is 0.939 bits per heavy atom. The Morgan fingerprint density at radius 3 is 1.33 bits per heavy atom. The summed E-state index contributed by atoms with van der Waals surface area (Å²) >= 11 is 5.16. The third-order valence-corrected chi connectivity index (χ3v) is 6.42. The highest BCUT2D eigenvalue weighted by molar-refractivity contribution is 7.80. The van der Waals surface area contributed by atoms with E-state index in [1.54, 1.807) is 0 Å². The van der Waals surface area contributed by atoms with Crippen LogP contribution in [-0.2, 0) is 14.3 Å². The Balaban J connectivity index is 3.46. The Hall–Kier alpha value is -0.680. The van der Waals surface area contributed by atoms with Crippen molar-refractivity contribution in [3.05, 3.63) is 0 Å². The number of unbranched alkanes of at least 4 members (excludes halogenated alkanes) is 18. The van der Waals surface area contributed by atoms with Gasteiger partial charge in [-0.3, -0.25) is 0 Å². The molecule has 1 unspecified atom stereocenters. The minimum Gasteiger partial charge on any atom is -0.487 e. The van der Waals surface area contributed by atoms with E-state index in [4.69, 9.17) is 21.7 Å². The number of hydrogen-bond donors (Lipinski definition) is 1. The Bertz CT molecular complexity index is 442. The summed E-state index contributed by atoms with van der Waals surface area (Å²) in [6.07, 6.45) is 23.9. The summed E-state index contributed by atoms with van der Waals surface area (Å²) in [6, 6.07) is 0. The third-order valence-electron chi connectivity index (χ3n) is 6.14. The van der Waals surface area contributed by atoms with Gasteiger partial charge in [-0.2, -0.15) is 0 Å². The maximum atomic E-state index is 11.9. The minimum absolute atomic E-state index is 0.0456. The molecule has 0 saturated heterocycles. The summed E-state index contributed by atoms with van der Waals surface area (Å²) in [5.41, 5.74) is 0. The summed E-state index contributed by atoms with van der Waals surface area (Å²) in [4.78, 5) is 11.9. The normalized spacial score (nSPS) is 12.0. The monoisotopic (exact) mass is 486 g/mol. The van der Waals surface area contributed by atoms with E-state index in [0.29, 0.717) is 18.3 Å². The summed E-state index contributed by atoms with van der Waals surface area (Å²) < 4.78 is 10.7. The molecule has 4 nitrogen and oxygen atoms in total. The van der Waals surface area contributed by atoms with E-state index < -0.39 is 12.1 Å². The quantitative estimate of drug-likeness (QED) is 0.0796. The largest absolute Gasteiger partial charge is 0.487 e. The number of hydrogen-bond acceptors (Lipinski definition) is 5. The maximum absolute atomic E-state index is 11.9. The second-order valence-electron chi connectivity index (χ2n) is 9.47. The van der Waals surface area contributed by atoms with Crippen LogP contribution in [0.4, 0.5) is 0 Å². The van der Waals surface area contributed by atoms with Crippen molar-refractivity contribution in [2.24, 2.45) is 0 Å². The van der Waals surface area contributed by atoms with Gasteiger partial charge in [0, 0.05) is 0 Å². The summed E-state index contributed by atoms with van der Waals surface area (Å²) in [6.45, 7) is 5.43. The lowest BCUT2D eigenvalue weighted by Gasteiger charge is -2.12. The van der Waals surface area contributed by atoms with Gasteiger partial charge < -0.3 is 14.6 Å². The molecule has 0 fully saturated rings. The molecular weight excluding hydrogens is 432 g/mol. The van der Waals surface area contributed by atoms with Crippen molar-refractivity contribution >= 4 is 23.2 Å². The molecule has 0 rings (SSSR count). The van der Waals surface area contributed by atoms with E-state index in [2.05, 4.69) is 13.8 Å². The minimum atomic E-state index is -1.21. The van der Waals surface area contributed by atoms with Crippen LogP contribution in [0.1, 0.15) is 149 Å². The van der Waals surface area contributed by atoms with E-state index in [1.807, 2.05) is 0 Å². The van der Waals surface area contributed by atoms with Crippen molar-refractivity contribution in [1.82, 2.24) is 0 Å². The molecule has 0 amide bonds. The molecule has 196 valence electrons. The molecule has 0 aromatic carbocycles. The van der Waals surface area contributed by atoms with Crippen molar-refractivity contribution in [3.8, 4) is 0 Å². The number of carbonyl (C=O) groups excluding carboxylic acids is 1. The van der Waals surface area contributed by atoms with Gasteiger partial charge in [0.05, 0.1) is 19.6 Å². The smallest absolute Gasteiger partial charge is 0.335 e. The zero-order chi connectivity index (χ0) is 24.4. The molecule has 33 heavy (non-hydrogen) atoms. The molecule has 5 heteroatoms. The lowest BCUT2D eigenvalue weighted by atomic mass is 10.1. The first-order valence-electron chi connectivity index (χ1n) is 14.1. The van der Waals surface area contributed by atoms with Crippen LogP contribution >= 0.6 is 12.2 Å². The second-order valence-corrected chi connectivity index (χ2v) is 9.93. The lowest BCUT2D eigenvalue weighted by molar-refractivity contribution is -0.153. The van der Waals surface area contributed by atoms with Crippen molar-refractivity contribution in [2.75, 3.05) is 13.2 Å². The standard InChI is InChI=1S/C28H54O4S/c1-3-5-7-9-11-13-15-17-19-21-23-31-27(33)25-26(29)28(30)32-24-22-20-18-16-14-12-10-8-6-4-2/h26,29H,3-25H2,1-2H3. The Morgan fingerprint density at radius 1 is 0.606 bits per heavy atom. The molecule has 0 saturated carbocycles. The van der Waals surface area contributed by atoms with E-state index >= 15 is 0 Å². The highest BCUT2D eigenvalue weighted by atomic mass is 32.1. The van der Waals surface area contributed by atoms with Crippen molar-refractivity contribution < 1.29 is 19.4 Å². The molecule has 0 radical (unpaired) electrons. The fraction of sp³-hybridized carbons (Fsp3) is 0.929. The van der Waals surface area contributed by atoms with Crippen LogP contribution in [0, 0.1) is 0 Å². The van der Waals surface area contributed by atoms with Gasteiger partial charge in [-0.15, -0.1) is 0 Å². The fourth-order valence-corrected chi connectivity index (χ4v) is 4.18. The van der Waals surface area contributed by atoms with Gasteiger partial charge in [0.15, 0.2) is 11.2 Å². The van der Waals surface area contributed by atoms with Crippen LogP contribution in [-0.4, -0.2) is 35.4 Å². The van der Waals surface area contributed by atoms with E-state index in [9.17, 15) is 9.90 Å². The summed E-state index contributed by atoms with van der Waals surface area (Å²) in [5.74, 6) is -0.587. The highest BCUT2D eigenvalue weighted by Crippen LogP contribution is 2.12. The predicted molar refractivity (Wildman–Crippen MR) is 144 cm³/mol. The van der Waals surface area contributed by atoms with Gasteiger partial charge in [-0.1, -0.05) is 129 Å². The number of carbonyl (C=O) groups is 1. The molecule has 0 aromatic heterocycles. The average Bonchev–Trinajstić information content (AvgIpc) is 2.80. The maximum Gasteiger partial charge on any atom is 0.335 e. The van der Waals surface area contributed by atoms with Gasteiger partial charge in [0.25, 0.3) is 0 Å². The van der Waals surface area contributed by atoms with E-state index in [-0.39, 0.29) is 6.42 Å². The molecule has 1 N–H and O–H groups in total. The zero-order valence-corrected chi connectivity index (χ0v) is 22.7. The molecule has 0 aliphatic carbocycles. The fourth-order valence-electron chi connectivity index (χ4n) is 3.93. The predicted octanol–water partition coefficient (Wildman–Crippen LogP) is 8.47. The van der Waals surface area contributed by atoms with Crippen LogP contribution in [0.2, 0.25) is 0 Å². The number of ether oxygens (including phenoxy) is 2. The van der Waals surface area contributed by atoms with E-state index in [0.717, 1.165) is 25.7 Å². The molecule has 1 atom stereocenters. The molecule has 0 aromatic rings. The van der Waals surface area contributed by atoms with Crippen LogP contribution in [0.5, 0.6) is 0 Å². The van der Waals surface area contributed by atoms with E-state index in [1.165, 1.54) is 103 Å². The van der Waals surface area contributed by atoms with Crippen LogP contribution in [0.3, 0.4) is 0 Å². The number of thiocarbonyl (C=S) groups is 1. The van der Waals surface area contributed by atoms with Gasteiger partial charge in [0.1, 0.15) is 0 Å². The molecule has 0 aliphatic rings. The van der Waals surface area contributed by atoms with Crippen molar-refractivity contribution in [2.45, 2.75) is 155 Å². The Labute approximate surface area is 210 Å². The van der Waals surface area contributed by atoms with Gasteiger partial charge in [-0.05, 0) is 25.1 Å². The summed E-state index contributed by atoms with van der Waals surface area (Å²) in [5, 5.41) is 10.3. The second kappa shape index (κ2) is 25.9. The number of esters is 1. The van der Waals surface area contributed by atoms with Crippen molar-refractivity contribution in [1.29, 1.82) is 0 Å². The molecule has 0 bridgehead atoms.